The Morgan fingerprint density at radius 3 is 2.94 bits per heavy atom. The van der Waals surface area contributed by atoms with Gasteiger partial charge in [-0.05, 0) is 24.3 Å². The highest BCUT2D eigenvalue weighted by atomic mass is 35.5. The molecule has 1 atom stereocenters. The molecule has 0 radical (unpaired) electrons. The summed E-state index contributed by atoms with van der Waals surface area (Å²) in [6, 6.07) is 6.70. The first kappa shape index (κ1) is 10.2. The van der Waals surface area contributed by atoms with Gasteiger partial charge in [-0.2, -0.15) is 5.10 Å². The number of aromatic nitrogens is 2. The zero-order chi connectivity index (χ0) is 11.8. The molecule has 2 aromatic rings. The highest BCUT2D eigenvalue weighted by molar-refractivity contribution is 6.30. The van der Waals surface area contributed by atoms with Crippen molar-refractivity contribution in [3.63, 3.8) is 0 Å². The van der Waals surface area contributed by atoms with Gasteiger partial charge in [0.1, 0.15) is 0 Å². The fourth-order valence-electron chi connectivity index (χ4n) is 1.93. The first-order chi connectivity index (χ1) is 8.24. The summed E-state index contributed by atoms with van der Waals surface area (Å²) in [5.74, 6) is 0. The van der Waals surface area contributed by atoms with Crippen LogP contribution in [-0.2, 0) is 0 Å². The van der Waals surface area contributed by atoms with E-state index in [9.17, 15) is 4.79 Å². The van der Waals surface area contributed by atoms with Crippen LogP contribution in [0.4, 0.5) is 10.5 Å². The van der Waals surface area contributed by atoms with E-state index in [0.717, 1.165) is 16.9 Å². The summed E-state index contributed by atoms with van der Waals surface area (Å²) >= 11 is 5.97. The lowest BCUT2D eigenvalue weighted by Gasteiger charge is -2.26. The summed E-state index contributed by atoms with van der Waals surface area (Å²) in [7, 11) is 0. The molecule has 0 saturated carbocycles. The zero-order valence-electron chi connectivity index (χ0n) is 8.70. The minimum atomic E-state index is -0.250. The third-order valence-corrected chi connectivity index (χ3v) is 2.92. The average Bonchev–Trinajstić information content (AvgIpc) is 2.82. The van der Waals surface area contributed by atoms with E-state index in [-0.39, 0.29) is 12.1 Å². The predicted octanol–water partition coefficient (Wildman–Crippen LogP) is 2.29. The van der Waals surface area contributed by atoms with Crippen LogP contribution in [0.5, 0.6) is 0 Å². The van der Waals surface area contributed by atoms with Crippen molar-refractivity contribution in [1.29, 1.82) is 0 Å². The number of nitrogens with one attached hydrogen (secondary N) is 3. The van der Waals surface area contributed by atoms with Crippen LogP contribution in [0, 0.1) is 0 Å². The molecular weight excluding hydrogens is 240 g/mol. The van der Waals surface area contributed by atoms with Crippen molar-refractivity contribution in [2.75, 3.05) is 5.32 Å². The molecule has 86 valence electrons. The second-order valence-electron chi connectivity index (χ2n) is 3.78. The molecule has 3 N–H and O–H groups in total. The Morgan fingerprint density at radius 2 is 2.18 bits per heavy atom. The lowest BCUT2D eigenvalue weighted by atomic mass is 10.00. The number of hydrogen-bond acceptors (Lipinski definition) is 2. The Hall–Kier alpha value is -2.01. The molecule has 1 unspecified atom stereocenters. The number of carbonyl (C=O) groups excluding carboxylic acids is 1. The number of aromatic amines is 1. The highest BCUT2D eigenvalue weighted by Crippen LogP contribution is 2.32. The van der Waals surface area contributed by atoms with Crippen molar-refractivity contribution in [2.45, 2.75) is 6.04 Å². The zero-order valence-corrected chi connectivity index (χ0v) is 9.45. The van der Waals surface area contributed by atoms with E-state index >= 15 is 0 Å². The molecule has 2 amide bonds. The minimum Gasteiger partial charge on any atom is -0.325 e. The van der Waals surface area contributed by atoms with Crippen molar-refractivity contribution < 1.29 is 4.79 Å². The van der Waals surface area contributed by atoms with Gasteiger partial charge in [0.15, 0.2) is 0 Å². The predicted molar refractivity (Wildman–Crippen MR) is 64.0 cm³/mol. The number of amides is 2. The Balaban J connectivity index is 2.13. The van der Waals surface area contributed by atoms with Crippen molar-refractivity contribution in [1.82, 2.24) is 15.5 Å². The molecule has 2 heterocycles. The molecular formula is C11H9ClN4O. The van der Waals surface area contributed by atoms with Gasteiger partial charge < -0.3 is 10.6 Å². The van der Waals surface area contributed by atoms with Gasteiger partial charge in [0.2, 0.25) is 0 Å². The second kappa shape index (κ2) is 3.78. The Kier molecular flexibility index (Phi) is 2.26. The van der Waals surface area contributed by atoms with Gasteiger partial charge in [0.05, 0.1) is 11.7 Å². The lowest BCUT2D eigenvalue weighted by molar-refractivity contribution is 0.248. The largest absolute Gasteiger partial charge is 0.325 e. The quantitative estimate of drug-likeness (QED) is 0.725. The van der Waals surface area contributed by atoms with Gasteiger partial charge in [-0.3, -0.25) is 5.10 Å². The fraction of sp³-hybridized carbons (Fsp3) is 0.0909. The van der Waals surface area contributed by atoms with Crippen LogP contribution in [0.25, 0.3) is 0 Å². The Labute approximate surface area is 102 Å². The van der Waals surface area contributed by atoms with Crippen molar-refractivity contribution >= 4 is 23.3 Å². The van der Waals surface area contributed by atoms with Gasteiger partial charge in [-0.1, -0.05) is 11.6 Å². The third-order valence-electron chi connectivity index (χ3n) is 2.68. The van der Waals surface area contributed by atoms with Gasteiger partial charge in [0, 0.05) is 22.5 Å². The molecule has 0 spiro atoms. The molecule has 0 fully saturated rings. The van der Waals surface area contributed by atoms with Gasteiger partial charge in [-0.25, -0.2) is 4.79 Å². The van der Waals surface area contributed by atoms with Crippen LogP contribution in [-0.4, -0.2) is 16.2 Å². The molecule has 5 nitrogen and oxygen atoms in total. The van der Waals surface area contributed by atoms with Crippen molar-refractivity contribution in [2.24, 2.45) is 0 Å². The lowest BCUT2D eigenvalue weighted by Crippen LogP contribution is -2.38. The molecule has 6 heteroatoms. The van der Waals surface area contributed by atoms with E-state index in [2.05, 4.69) is 20.8 Å². The van der Waals surface area contributed by atoms with Gasteiger partial charge in [-0.15, -0.1) is 0 Å². The molecule has 0 bridgehead atoms. The summed E-state index contributed by atoms with van der Waals surface area (Å²) in [4.78, 5) is 11.5. The Morgan fingerprint density at radius 1 is 1.29 bits per heavy atom. The number of benzene rings is 1. The maximum atomic E-state index is 11.5. The molecule has 3 rings (SSSR count). The number of fused-ring (bicyclic) bond motifs is 1. The summed E-state index contributed by atoms with van der Waals surface area (Å²) in [6.07, 6.45) is 1.65. The second-order valence-corrected chi connectivity index (χ2v) is 4.21. The van der Waals surface area contributed by atoms with E-state index in [0.29, 0.717) is 5.02 Å². The van der Waals surface area contributed by atoms with Crippen LogP contribution in [0.2, 0.25) is 5.02 Å². The first-order valence-corrected chi connectivity index (χ1v) is 5.48. The molecule has 1 aliphatic heterocycles. The molecule has 1 aromatic heterocycles. The number of hydrogen-bond donors (Lipinski definition) is 3. The Bertz CT molecular complexity index is 567. The summed E-state index contributed by atoms with van der Waals surface area (Å²) in [5, 5.41) is 12.9. The molecule has 0 saturated heterocycles. The van der Waals surface area contributed by atoms with Crippen LogP contribution < -0.4 is 10.6 Å². The number of anilines is 1. The molecule has 1 aliphatic rings. The average molecular weight is 249 g/mol. The maximum absolute atomic E-state index is 11.5. The third kappa shape index (κ3) is 1.74. The molecule has 0 aliphatic carbocycles. The number of nitrogens with zero attached hydrogens (tertiary/aromatic N) is 1. The fourth-order valence-corrected chi connectivity index (χ4v) is 2.11. The van der Waals surface area contributed by atoms with E-state index in [4.69, 9.17) is 11.6 Å². The number of carbonyl (C=O) groups is 1. The number of halogens is 1. The van der Waals surface area contributed by atoms with Gasteiger partial charge in [0.25, 0.3) is 0 Å². The topological polar surface area (TPSA) is 69.8 Å². The maximum Gasteiger partial charge on any atom is 0.320 e. The molecule has 17 heavy (non-hydrogen) atoms. The van der Waals surface area contributed by atoms with E-state index in [1.807, 2.05) is 12.1 Å². The normalized spacial score (nSPS) is 18.2. The van der Waals surface area contributed by atoms with Gasteiger partial charge >= 0.3 is 6.03 Å². The van der Waals surface area contributed by atoms with Crippen LogP contribution >= 0.6 is 11.6 Å². The SMILES string of the molecule is O=C1Nc2ccc(Cl)cc2C(c2ccn[nH]2)N1. The van der Waals surface area contributed by atoms with Crippen LogP contribution in [0.3, 0.4) is 0 Å². The first-order valence-electron chi connectivity index (χ1n) is 5.10. The summed E-state index contributed by atoms with van der Waals surface area (Å²) in [6.45, 7) is 0. The summed E-state index contributed by atoms with van der Waals surface area (Å²) < 4.78 is 0. The smallest absolute Gasteiger partial charge is 0.320 e. The number of urea groups is 1. The summed E-state index contributed by atoms with van der Waals surface area (Å²) in [5.41, 5.74) is 2.50. The van der Waals surface area contributed by atoms with Crippen LogP contribution in [0.15, 0.2) is 30.5 Å². The van der Waals surface area contributed by atoms with E-state index in [1.165, 1.54) is 0 Å². The van der Waals surface area contributed by atoms with Crippen LogP contribution in [0.1, 0.15) is 17.3 Å². The van der Waals surface area contributed by atoms with Crippen molar-refractivity contribution in [3.8, 4) is 0 Å². The number of H-pyrrole nitrogens is 1. The minimum absolute atomic E-state index is 0.237. The van der Waals surface area contributed by atoms with E-state index in [1.54, 1.807) is 18.3 Å². The van der Waals surface area contributed by atoms with Crippen molar-refractivity contribution in [3.05, 3.63) is 46.7 Å². The number of rotatable bonds is 1. The monoisotopic (exact) mass is 248 g/mol. The molecule has 1 aromatic carbocycles. The highest BCUT2D eigenvalue weighted by Gasteiger charge is 2.26. The standard InChI is InChI=1S/C11H9ClN4O/c12-6-1-2-8-7(5-6)10(15-11(17)14-8)9-3-4-13-16-9/h1-5,10H,(H,13,16)(H2,14,15,17). The van der Waals surface area contributed by atoms with E-state index < -0.39 is 0 Å².